The van der Waals surface area contributed by atoms with Gasteiger partial charge in [-0.2, -0.15) is 13.2 Å². The number of likely N-dealkylation sites (tertiary alicyclic amines) is 1. The van der Waals surface area contributed by atoms with E-state index in [1.54, 1.807) is 24.3 Å². The highest BCUT2D eigenvalue weighted by molar-refractivity contribution is 5.70. The second kappa shape index (κ2) is 6.47. The van der Waals surface area contributed by atoms with Crippen molar-refractivity contribution in [3.05, 3.63) is 35.4 Å². The van der Waals surface area contributed by atoms with Crippen LogP contribution in [0, 0.1) is 5.92 Å². The Morgan fingerprint density at radius 1 is 1.24 bits per heavy atom. The van der Waals surface area contributed by atoms with E-state index in [0.717, 1.165) is 5.56 Å². The highest BCUT2D eigenvalue weighted by Crippen LogP contribution is 2.33. The monoisotopic (exact) mass is 301 g/mol. The molecule has 1 saturated heterocycles. The second-order valence-corrected chi connectivity index (χ2v) is 5.50. The molecule has 0 spiro atoms. The van der Waals surface area contributed by atoms with Gasteiger partial charge in [-0.1, -0.05) is 24.3 Å². The number of nitrogens with zero attached hydrogens (tertiary/aromatic N) is 1. The largest absolute Gasteiger partial charge is 0.481 e. The number of alkyl halides is 3. The molecule has 1 N–H and O–H groups in total. The third-order valence-corrected chi connectivity index (χ3v) is 3.75. The molecule has 0 amide bonds. The molecule has 2 rings (SSSR count). The molecule has 1 aromatic carbocycles. The van der Waals surface area contributed by atoms with Gasteiger partial charge in [-0.05, 0) is 30.5 Å². The number of hydrogen-bond acceptors (Lipinski definition) is 2. The second-order valence-electron chi connectivity index (χ2n) is 5.50. The number of piperidine rings is 1. The van der Waals surface area contributed by atoms with E-state index in [1.165, 1.54) is 0 Å². The van der Waals surface area contributed by atoms with Gasteiger partial charge in [0, 0.05) is 13.1 Å². The van der Waals surface area contributed by atoms with Crippen LogP contribution in [0.2, 0.25) is 0 Å². The molecule has 0 bridgehead atoms. The van der Waals surface area contributed by atoms with Crippen LogP contribution in [0.5, 0.6) is 0 Å². The Bertz CT molecular complexity index is 485. The molecule has 1 aliphatic rings. The van der Waals surface area contributed by atoms with Crippen molar-refractivity contribution >= 4 is 5.97 Å². The van der Waals surface area contributed by atoms with Gasteiger partial charge < -0.3 is 5.11 Å². The topological polar surface area (TPSA) is 40.5 Å². The minimum Gasteiger partial charge on any atom is -0.481 e. The van der Waals surface area contributed by atoms with Gasteiger partial charge in [0.15, 0.2) is 0 Å². The number of halogens is 3. The summed E-state index contributed by atoms with van der Waals surface area (Å²) in [5.41, 5.74) is 1.60. The zero-order chi connectivity index (χ0) is 15.5. The van der Waals surface area contributed by atoms with Gasteiger partial charge in [-0.3, -0.25) is 9.69 Å². The van der Waals surface area contributed by atoms with E-state index in [1.807, 2.05) is 4.90 Å². The van der Waals surface area contributed by atoms with Crippen molar-refractivity contribution in [2.45, 2.75) is 32.0 Å². The van der Waals surface area contributed by atoms with Crippen LogP contribution in [-0.4, -0.2) is 35.2 Å². The van der Waals surface area contributed by atoms with Gasteiger partial charge in [0.05, 0.1) is 12.3 Å². The molecule has 0 aliphatic carbocycles. The first-order valence-electron chi connectivity index (χ1n) is 6.93. The Morgan fingerprint density at radius 3 is 2.43 bits per heavy atom. The SMILES string of the molecule is O=C(O)Cc1ccc(CN2CCCC(C(F)(F)F)C2)cc1. The molecule has 1 aliphatic heterocycles. The van der Waals surface area contributed by atoms with Gasteiger partial charge in [0.2, 0.25) is 0 Å². The van der Waals surface area contributed by atoms with Crippen LogP contribution < -0.4 is 0 Å². The summed E-state index contributed by atoms with van der Waals surface area (Å²) in [6.45, 7) is 1.18. The fourth-order valence-corrected chi connectivity index (χ4v) is 2.66. The molecule has 6 heteroatoms. The number of carboxylic acid groups (broad SMARTS) is 1. The summed E-state index contributed by atoms with van der Waals surface area (Å²) in [6, 6.07) is 7.01. The zero-order valence-electron chi connectivity index (χ0n) is 11.6. The van der Waals surface area contributed by atoms with E-state index in [0.29, 0.717) is 25.1 Å². The Morgan fingerprint density at radius 2 is 1.86 bits per heavy atom. The van der Waals surface area contributed by atoms with Crippen LogP contribution in [0.15, 0.2) is 24.3 Å². The molecule has 1 heterocycles. The quantitative estimate of drug-likeness (QED) is 0.929. The standard InChI is InChI=1S/C15H18F3NO2/c16-15(17,18)13-2-1-7-19(10-13)9-12-5-3-11(4-6-12)8-14(20)21/h3-6,13H,1-2,7-10H2,(H,20,21). The first kappa shape index (κ1) is 15.8. The van der Waals surface area contributed by atoms with E-state index in [4.69, 9.17) is 5.11 Å². The fourth-order valence-electron chi connectivity index (χ4n) is 2.66. The number of aliphatic carboxylic acids is 1. The fraction of sp³-hybridized carbons (Fsp3) is 0.533. The first-order valence-corrected chi connectivity index (χ1v) is 6.93. The Hall–Kier alpha value is -1.56. The molecule has 0 radical (unpaired) electrons. The molecular weight excluding hydrogens is 283 g/mol. The molecular formula is C15H18F3NO2. The number of benzene rings is 1. The molecule has 1 atom stereocenters. The van der Waals surface area contributed by atoms with Crippen molar-refractivity contribution in [2.75, 3.05) is 13.1 Å². The normalized spacial score (nSPS) is 20.4. The van der Waals surface area contributed by atoms with Crippen molar-refractivity contribution in [3.8, 4) is 0 Å². The Labute approximate surface area is 121 Å². The van der Waals surface area contributed by atoms with E-state index >= 15 is 0 Å². The molecule has 1 fully saturated rings. The minimum atomic E-state index is -4.12. The van der Waals surface area contributed by atoms with Crippen LogP contribution in [0.3, 0.4) is 0 Å². The highest BCUT2D eigenvalue weighted by atomic mass is 19.4. The van der Waals surface area contributed by atoms with Gasteiger partial charge in [0.1, 0.15) is 0 Å². The zero-order valence-corrected chi connectivity index (χ0v) is 11.6. The van der Waals surface area contributed by atoms with Crippen LogP contribution in [0.25, 0.3) is 0 Å². The molecule has 1 unspecified atom stereocenters. The average molecular weight is 301 g/mol. The maximum Gasteiger partial charge on any atom is 0.393 e. The Balaban J connectivity index is 1.93. The van der Waals surface area contributed by atoms with Gasteiger partial charge in [-0.25, -0.2) is 0 Å². The summed E-state index contributed by atoms with van der Waals surface area (Å²) in [5.74, 6) is -2.13. The first-order chi connectivity index (χ1) is 9.84. The van der Waals surface area contributed by atoms with Gasteiger partial charge in [0.25, 0.3) is 0 Å². The number of rotatable bonds is 4. The van der Waals surface area contributed by atoms with Crippen LogP contribution in [0.4, 0.5) is 13.2 Å². The van der Waals surface area contributed by atoms with Crippen LogP contribution in [0.1, 0.15) is 24.0 Å². The van der Waals surface area contributed by atoms with Crippen molar-refractivity contribution in [2.24, 2.45) is 5.92 Å². The minimum absolute atomic E-state index is 0.0415. The van der Waals surface area contributed by atoms with Gasteiger partial charge >= 0.3 is 12.1 Å². The van der Waals surface area contributed by atoms with Crippen molar-refractivity contribution in [1.29, 1.82) is 0 Å². The lowest BCUT2D eigenvalue weighted by Crippen LogP contribution is -2.41. The lowest BCUT2D eigenvalue weighted by atomic mass is 9.97. The summed E-state index contributed by atoms with van der Waals surface area (Å²) in [5, 5.41) is 8.69. The third-order valence-electron chi connectivity index (χ3n) is 3.75. The predicted molar refractivity (Wildman–Crippen MR) is 71.8 cm³/mol. The Kier molecular flexibility index (Phi) is 4.88. The predicted octanol–water partition coefficient (Wildman–Crippen LogP) is 3.09. The van der Waals surface area contributed by atoms with Crippen LogP contribution >= 0.6 is 0 Å². The van der Waals surface area contributed by atoms with Crippen LogP contribution in [-0.2, 0) is 17.8 Å². The van der Waals surface area contributed by atoms with Gasteiger partial charge in [-0.15, -0.1) is 0 Å². The lowest BCUT2D eigenvalue weighted by molar-refractivity contribution is -0.187. The molecule has 116 valence electrons. The molecule has 0 aromatic heterocycles. The van der Waals surface area contributed by atoms with E-state index in [-0.39, 0.29) is 19.4 Å². The maximum atomic E-state index is 12.7. The third kappa shape index (κ3) is 4.74. The van der Waals surface area contributed by atoms with Crippen molar-refractivity contribution < 1.29 is 23.1 Å². The van der Waals surface area contributed by atoms with Crippen molar-refractivity contribution in [1.82, 2.24) is 4.90 Å². The highest BCUT2D eigenvalue weighted by Gasteiger charge is 2.41. The summed E-state index contributed by atoms with van der Waals surface area (Å²) in [4.78, 5) is 12.4. The molecule has 21 heavy (non-hydrogen) atoms. The number of hydrogen-bond donors (Lipinski definition) is 1. The lowest BCUT2D eigenvalue weighted by Gasteiger charge is -2.33. The molecule has 0 saturated carbocycles. The summed E-state index contributed by atoms with van der Waals surface area (Å²) >= 11 is 0. The number of carboxylic acids is 1. The maximum absolute atomic E-state index is 12.7. The summed E-state index contributed by atoms with van der Waals surface area (Å²) < 4.78 is 38.2. The smallest absolute Gasteiger partial charge is 0.393 e. The van der Waals surface area contributed by atoms with Crippen molar-refractivity contribution in [3.63, 3.8) is 0 Å². The summed E-state index contributed by atoms with van der Waals surface area (Å²) in [6.07, 6.45) is -3.40. The molecule has 3 nitrogen and oxygen atoms in total. The van der Waals surface area contributed by atoms with E-state index < -0.39 is 18.1 Å². The van der Waals surface area contributed by atoms with E-state index in [9.17, 15) is 18.0 Å². The molecule has 1 aromatic rings. The van der Waals surface area contributed by atoms with E-state index in [2.05, 4.69) is 0 Å². The number of carbonyl (C=O) groups is 1. The summed E-state index contributed by atoms with van der Waals surface area (Å²) in [7, 11) is 0. The average Bonchev–Trinajstić information content (AvgIpc) is 2.40.